The molecule has 0 heterocycles. The highest BCUT2D eigenvalue weighted by Crippen LogP contribution is 1.80. The Kier molecular flexibility index (Phi) is 4.69. The Morgan fingerprint density at radius 2 is 2.00 bits per heavy atom. The van der Waals surface area contributed by atoms with Crippen LogP contribution in [0.1, 0.15) is 13.8 Å². The predicted octanol–water partition coefficient (Wildman–Crippen LogP) is 1.68. The van der Waals surface area contributed by atoms with Gasteiger partial charge in [0.15, 0.2) is 0 Å². The lowest BCUT2D eigenvalue weighted by molar-refractivity contribution is 0.843. The molecule has 0 spiro atoms. The first-order valence-corrected chi connectivity index (χ1v) is 2.93. The van der Waals surface area contributed by atoms with E-state index in [0.717, 1.165) is 0 Å². The molecule has 0 fully saturated rings. The molecule has 0 aliphatic heterocycles. The Morgan fingerprint density at radius 3 is 2.44 bits per heavy atom. The second-order valence-corrected chi connectivity index (χ2v) is 1.87. The first kappa shape index (κ1) is 8.08. The minimum Gasteiger partial charge on any atom is -0.289 e. The van der Waals surface area contributed by atoms with Crippen LogP contribution >= 0.6 is 0 Å². The second kappa shape index (κ2) is 5.22. The maximum Gasteiger partial charge on any atom is 0.0446 e. The summed E-state index contributed by atoms with van der Waals surface area (Å²) < 4.78 is 0. The lowest BCUT2D eigenvalue weighted by Crippen LogP contribution is -1.88. The molecular formula is C7H12N2. The van der Waals surface area contributed by atoms with Crippen molar-refractivity contribution in [3.05, 3.63) is 12.8 Å². The highest BCUT2D eigenvalue weighted by molar-refractivity contribution is 6.16. The van der Waals surface area contributed by atoms with Crippen LogP contribution in [0.15, 0.2) is 22.8 Å². The van der Waals surface area contributed by atoms with E-state index in [1.165, 1.54) is 6.20 Å². The lowest BCUT2D eigenvalue weighted by atomic mass is 10.4. The molecular weight excluding hydrogens is 112 g/mol. The zero-order valence-corrected chi connectivity index (χ0v) is 5.91. The molecule has 0 amide bonds. The van der Waals surface area contributed by atoms with Gasteiger partial charge in [-0.15, -0.1) is 0 Å². The van der Waals surface area contributed by atoms with Crippen LogP contribution in [-0.4, -0.2) is 18.5 Å². The Hall–Kier alpha value is -0.920. The summed E-state index contributed by atoms with van der Waals surface area (Å²) in [5.74, 6) is 0. The van der Waals surface area contributed by atoms with Crippen LogP contribution in [0.5, 0.6) is 0 Å². The molecule has 0 radical (unpaired) electrons. The Morgan fingerprint density at radius 1 is 1.33 bits per heavy atom. The van der Waals surface area contributed by atoms with Crippen molar-refractivity contribution in [1.82, 2.24) is 0 Å². The van der Waals surface area contributed by atoms with Crippen molar-refractivity contribution >= 4 is 12.4 Å². The van der Waals surface area contributed by atoms with E-state index in [0.29, 0.717) is 6.04 Å². The fraction of sp³-hybridized carbons (Fsp3) is 0.429. The van der Waals surface area contributed by atoms with Crippen molar-refractivity contribution in [2.24, 2.45) is 9.98 Å². The maximum absolute atomic E-state index is 4.04. The van der Waals surface area contributed by atoms with E-state index in [1.807, 2.05) is 13.8 Å². The first-order valence-electron chi connectivity index (χ1n) is 2.93. The minimum absolute atomic E-state index is 0.348. The predicted molar refractivity (Wildman–Crippen MR) is 42.3 cm³/mol. The highest BCUT2D eigenvalue weighted by Gasteiger charge is 1.78. The van der Waals surface area contributed by atoms with E-state index in [-0.39, 0.29) is 0 Å². The van der Waals surface area contributed by atoms with Gasteiger partial charge in [0.25, 0.3) is 0 Å². The van der Waals surface area contributed by atoms with Gasteiger partial charge in [-0.2, -0.15) is 0 Å². The molecule has 0 saturated carbocycles. The number of nitrogens with zero attached hydrogens (tertiary/aromatic N) is 2. The summed E-state index contributed by atoms with van der Waals surface area (Å²) in [4.78, 5) is 7.77. The van der Waals surface area contributed by atoms with Crippen molar-refractivity contribution in [3.8, 4) is 0 Å². The lowest BCUT2D eigenvalue weighted by Gasteiger charge is -1.88. The van der Waals surface area contributed by atoms with Crippen molar-refractivity contribution in [2.75, 3.05) is 0 Å². The van der Waals surface area contributed by atoms with E-state index in [9.17, 15) is 0 Å². The molecule has 0 unspecified atom stereocenters. The number of aliphatic imine (C=N–C) groups is 2. The summed E-state index contributed by atoms with van der Waals surface area (Å²) in [6, 6.07) is 0.348. The molecule has 0 aromatic carbocycles. The van der Waals surface area contributed by atoms with E-state index >= 15 is 0 Å². The molecule has 9 heavy (non-hydrogen) atoms. The van der Waals surface area contributed by atoms with Crippen molar-refractivity contribution < 1.29 is 0 Å². The molecule has 2 heteroatoms. The molecule has 0 bridgehead atoms. The minimum atomic E-state index is 0.348. The average molecular weight is 124 g/mol. The van der Waals surface area contributed by atoms with Crippen LogP contribution in [0.3, 0.4) is 0 Å². The number of hydrogen-bond donors (Lipinski definition) is 0. The van der Waals surface area contributed by atoms with Gasteiger partial charge in [0, 0.05) is 24.7 Å². The summed E-state index contributed by atoms with van der Waals surface area (Å²) in [5.41, 5.74) is 0. The molecule has 0 aliphatic rings. The summed E-state index contributed by atoms with van der Waals surface area (Å²) >= 11 is 0. The van der Waals surface area contributed by atoms with Crippen LogP contribution in [0.4, 0.5) is 0 Å². The van der Waals surface area contributed by atoms with E-state index in [4.69, 9.17) is 0 Å². The van der Waals surface area contributed by atoms with Gasteiger partial charge in [0.2, 0.25) is 0 Å². The Labute approximate surface area is 56.0 Å². The maximum atomic E-state index is 4.04. The van der Waals surface area contributed by atoms with Crippen molar-refractivity contribution in [3.63, 3.8) is 0 Å². The average Bonchev–Trinajstić information content (AvgIpc) is 1.80. The zero-order valence-electron chi connectivity index (χ0n) is 5.91. The monoisotopic (exact) mass is 124 g/mol. The molecule has 0 N–H and O–H groups in total. The topological polar surface area (TPSA) is 24.7 Å². The molecule has 0 aliphatic carbocycles. The quantitative estimate of drug-likeness (QED) is 0.511. The van der Waals surface area contributed by atoms with Crippen LogP contribution in [0.2, 0.25) is 0 Å². The Bertz CT molecular complexity index is 123. The van der Waals surface area contributed by atoms with Gasteiger partial charge in [-0.1, -0.05) is 6.58 Å². The van der Waals surface area contributed by atoms with Crippen LogP contribution in [-0.2, 0) is 0 Å². The third-order valence-electron chi connectivity index (χ3n) is 0.642. The van der Waals surface area contributed by atoms with Crippen LogP contribution in [0.25, 0.3) is 0 Å². The SMILES string of the molecule is C=C/N=C\C=N/C(C)C. The first-order chi connectivity index (χ1) is 4.27. The van der Waals surface area contributed by atoms with Crippen LogP contribution in [0, 0.1) is 0 Å². The standard InChI is InChI=1S/C7H12N2/c1-4-8-5-6-9-7(2)3/h4-7H,1H2,2-3H3/b8-5-,9-6-. The summed E-state index contributed by atoms with van der Waals surface area (Å²) in [6.45, 7) is 7.44. The van der Waals surface area contributed by atoms with Gasteiger partial charge in [0.05, 0.1) is 0 Å². The van der Waals surface area contributed by atoms with Gasteiger partial charge >= 0.3 is 0 Å². The fourth-order valence-electron chi connectivity index (χ4n) is 0.310. The molecule has 0 aromatic rings. The van der Waals surface area contributed by atoms with E-state index < -0.39 is 0 Å². The van der Waals surface area contributed by atoms with E-state index in [1.54, 1.807) is 12.4 Å². The van der Waals surface area contributed by atoms with Gasteiger partial charge in [-0.25, -0.2) is 0 Å². The fourth-order valence-corrected chi connectivity index (χ4v) is 0.310. The normalized spacial score (nSPS) is 11.9. The third kappa shape index (κ3) is 7.08. The Balaban J connectivity index is 3.46. The van der Waals surface area contributed by atoms with Gasteiger partial charge in [-0.3, -0.25) is 9.98 Å². The number of rotatable bonds is 3. The van der Waals surface area contributed by atoms with Crippen molar-refractivity contribution in [1.29, 1.82) is 0 Å². The smallest absolute Gasteiger partial charge is 0.0446 e. The molecule has 50 valence electrons. The largest absolute Gasteiger partial charge is 0.289 e. The zero-order chi connectivity index (χ0) is 7.11. The summed E-state index contributed by atoms with van der Waals surface area (Å²) in [7, 11) is 0. The highest BCUT2D eigenvalue weighted by atomic mass is 14.8. The second-order valence-electron chi connectivity index (χ2n) is 1.87. The van der Waals surface area contributed by atoms with Gasteiger partial charge in [-0.05, 0) is 13.8 Å². The molecule has 0 atom stereocenters. The molecule has 0 aromatic heterocycles. The summed E-state index contributed by atoms with van der Waals surface area (Å²) in [5, 5.41) is 0. The van der Waals surface area contributed by atoms with Crippen molar-refractivity contribution in [2.45, 2.75) is 19.9 Å². The van der Waals surface area contributed by atoms with Gasteiger partial charge < -0.3 is 0 Å². The van der Waals surface area contributed by atoms with Crippen LogP contribution < -0.4 is 0 Å². The third-order valence-corrected chi connectivity index (χ3v) is 0.642. The molecule has 0 rings (SSSR count). The molecule has 2 nitrogen and oxygen atoms in total. The summed E-state index contributed by atoms with van der Waals surface area (Å²) in [6.07, 6.45) is 4.77. The molecule has 0 saturated heterocycles. The van der Waals surface area contributed by atoms with E-state index in [2.05, 4.69) is 16.6 Å². The van der Waals surface area contributed by atoms with Gasteiger partial charge in [0.1, 0.15) is 0 Å². The number of hydrogen-bond acceptors (Lipinski definition) is 2.